The lowest BCUT2D eigenvalue weighted by atomic mass is 10.3. The maximum absolute atomic E-state index is 5.15. The highest BCUT2D eigenvalue weighted by Gasteiger charge is 2.05. The lowest BCUT2D eigenvalue weighted by Gasteiger charge is -2.23. The molecule has 0 aromatic carbocycles. The predicted molar refractivity (Wildman–Crippen MR) is 40.9 cm³/mol. The number of rotatable bonds is 2. The van der Waals surface area contributed by atoms with Gasteiger partial charge in [-0.25, -0.2) is 0 Å². The van der Waals surface area contributed by atoms with E-state index in [2.05, 4.69) is 29.1 Å². The van der Waals surface area contributed by atoms with Gasteiger partial charge in [0.15, 0.2) is 0 Å². The van der Waals surface area contributed by atoms with Gasteiger partial charge < -0.3 is 5.32 Å². The molecule has 0 radical (unpaired) electrons. The van der Waals surface area contributed by atoms with Gasteiger partial charge in [-0.05, 0) is 6.92 Å². The fourth-order valence-corrected chi connectivity index (χ4v) is 0.980. The molecule has 0 aromatic rings. The van der Waals surface area contributed by atoms with Crippen molar-refractivity contribution >= 4 is 0 Å². The second kappa shape index (κ2) is 3.55. The molecule has 0 spiro atoms. The van der Waals surface area contributed by atoms with Crippen LogP contribution in [-0.2, 0) is 0 Å². The number of hydrogen-bond donors (Lipinski definition) is 4. The van der Waals surface area contributed by atoms with Crippen LogP contribution >= 0.6 is 0 Å². The topological polar surface area (TPSA) is 62.1 Å². The van der Waals surface area contributed by atoms with Crippen molar-refractivity contribution in [1.29, 1.82) is 0 Å². The SMILES string of the molecule is CC1NCC=C(CNN)N1. The number of hydrazine groups is 1. The van der Waals surface area contributed by atoms with Crippen molar-refractivity contribution in [1.82, 2.24) is 16.1 Å². The van der Waals surface area contributed by atoms with Crippen LogP contribution in [0.15, 0.2) is 11.8 Å². The maximum Gasteiger partial charge on any atom is 0.0739 e. The van der Waals surface area contributed by atoms with Gasteiger partial charge in [0.25, 0.3) is 0 Å². The summed E-state index contributed by atoms with van der Waals surface area (Å²) in [7, 11) is 0. The molecule has 58 valence electrons. The molecule has 0 saturated heterocycles. The highest BCUT2D eigenvalue weighted by molar-refractivity contribution is 5.06. The van der Waals surface area contributed by atoms with Crippen molar-refractivity contribution in [3.05, 3.63) is 11.8 Å². The third-order valence-electron chi connectivity index (χ3n) is 1.47. The lowest BCUT2D eigenvalue weighted by molar-refractivity contribution is 0.482. The Hall–Kier alpha value is -0.580. The van der Waals surface area contributed by atoms with E-state index >= 15 is 0 Å². The van der Waals surface area contributed by atoms with Crippen molar-refractivity contribution in [2.45, 2.75) is 13.1 Å². The molecule has 4 nitrogen and oxygen atoms in total. The van der Waals surface area contributed by atoms with Gasteiger partial charge in [0, 0.05) is 18.8 Å². The number of hydrogen-bond acceptors (Lipinski definition) is 4. The monoisotopic (exact) mass is 142 g/mol. The van der Waals surface area contributed by atoms with E-state index in [9.17, 15) is 0 Å². The van der Waals surface area contributed by atoms with Crippen molar-refractivity contribution in [3.8, 4) is 0 Å². The third kappa shape index (κ3) is 1.98. The van der Waals surface area contributed by atoms with Crippen LogP contribution in [0.2, 0.25) is 0 Å². The molecule has 1 rings (SSSR count). The van der Waals surface area contributed by atoms with E-state index in [1.54, 1.807) is 0 Å². The Balaban J connectivity index is 2.36. The second-order valence-corrected chi connectivity index (χ2v) is 2.38. The fourth-order valence-electron chi connectivity index (χ4n) is 0.980. The minimum Gasteiger partial charge on any atom is -0.373 e. The number of nitrogens with two attached hydrogens (primary N) is 1. The molecule has 0 bridgehead atoms. The Kier molecular flexibility index (Phi) is 2.68. The van der Waals surface area contributed by atoms with Gasteiger partial charge in [-0.2, -0.15) is 0 Å². The summed E-state index contributed by atoms with van der Waals surface area (Å²) in [5.74, 6) is 5.15. The molecule has 1 aliphatic rings. The Bertz CT molecular complexity index is 132. The van der Waals surface area contributed by atoms with E-state index in [0.717, 1.165) is 12.2 Å². The molecule has 1 aliphatic heterocycles. The fraction of sp³-hybridized carbons (Fsp3) is 0.667. The second-order valence-electron chi connectivity index (χ2n) is 2.38. The summed E-state index contributed by atoms with van der Waals surface area (Å²) in [4.78, 5) is 0. The van der Waals surface area contributed by atoms with E-state index in [0.29, 0.717) is 12.7 Å². The van der Waals surface area contributed by atoms with Crippen LogP contribution in [-0.4, -0.2) is 19.3 Å². The smallest absolute Gasteiger partial charge is 0.0739 e. The number of nitrogens with one attached hydrogen (secondary N) is 3. The molecule has 0 aromatic heterocycles. The summed E-state index contributed by atoms with van der Waals surface area (Å²) in [5.41, 5.74) is 3.76. The average molecular weight is 142 g/mol. The van der Waals surface area contributed by atoms with Gasteiger partial charge in [-0.1, -0.05) is 6.08 Å². The molecule has 1 heterocycles. The zero-order valence-corrected chi connectivity index (χ0v) is 6.15. The van der Waals surface area contributed by atoms with Gasteiger partial charge >= 0.3 is 0 Å². The summed E-state index contributed by atoms with van der Waals surface area (Å²) < 4.78 is 0. The highest BCUT2D eigenvalue weighted by atomic mass is 15.2. The van der Waals surface area contributed by atoms with Gasteiger partial charge in [0.1, 0.15) is 0 Å². The zero-order chi connectivity index (χ0) is 7.40. The zero-order valence-electron chi connectivity index (χ0n) is 6.15. The average Bonchev–Trinajstić information content (AvgIpc) is 1.88. The third-order valence-corrected chi connectivity index (χ3v) is 1.47. The Morgan fingerprint density at radius 2 is 2.70 bits per heavy atom. The molecule has 0 fully saturated rings. The van der Waals surface area contributed by atoms with Crippen molar-refractivity contribution < 1.29 is 0 Å². The van der Waals surface area contributed by atoms with Crippen LogP contribution in [0.4, 0.5) is 0 Å². The molecule has 1 atom stereocenters. The van der Waals surface area contributed by atoms with Crippen molar-refractivity contribution in [2.75, 3.05) is 13.1 Å². The Labute approximate surface area is 60.8 Å². The van der Waals surface area contributed by atoms with Crippen LogP contribution in [0.1, 0.15) is 6.92 Å². The van der Waals surface area contributed by atoms with Crippen LogP contribution in [0, 0.1) is 0 Å². The van der Waals surface area contributed by atoms with Crippen molar-refractivity contribution in [3.63, 3.8) is 0 Å². The normalized spacial score (nSPS) is 25.4. The lowest BCUT2D eigenvalue weighted by Crippen LogP contribution is -2.45. The van der Waals surface area contributed by atoms with E-state index in [4.69, 9.17) is 5.84 Å². The standard InChI is InChI=1S/C6H14N4/c1-5-8-3-2-6(10-5)4-9-7/h2,5,8-10H,3-4,7H2,1H3. The van der Waals surface area contributed by atoms with Gasteiger partial charge in [-0.15, -0.1) is 0 Å². The highest BCUT2D eigenvalue weighted by Crippen LogP contribution is 1.93. The quantitative estimate of drug-likeness (QED) is 0.291. The minimum atomic E-state index is 0.355. The first-order chi connectivity index (χ1) is 4.83. The summed E-state index contributed by atoms with van der Waals surface area (Å²) >= 11 is 0. The molecule has 5 N–H and O–H groups in total. The molecule has 1 unspecified atom stereocenters. The molecule has 4 heteroatoms. The summed E-state index contributed by atoms with van der Waals surface area (Å²) in [6, 6.07) is 0. The molecular weight excluding hydrogens is 128 g/mol. The summed E-state index contributed by atoms with van der Waals surface area (Å²) in [5, 5.41) is 6.44. The first-order valence-corrected chi connectivity index (χ1v) is 3.45. The Morgan fingerprint density at radius 1 is 1.90 bits per heavy atom. The van der Waals surface area contributed by atoms with E-state index < -0.39 is 0 Å². The van der Waals surface area contributed by atoms with E-state index in [1.165, 1.54) is 0 Å². The summed E-state index contributed by atoms with van der Waals surface area (Å²) in [6.07, 6.45) is 2.44. The van der Waals surface area contributed by atoms with Gasteiger partial charge in [-0.3, -0.25) is 16.6 Å². The minimum absolute atomic E-state index is 0.355. The molecule has 0 amide bonds. The molecule has 0 saturated carbocycles. The first-order valence-electron chi connectivity index (χ1n) is 3.45. The molecular formula is C6H14N4. The van der Waals surface area contributed by atoms with E-state index in [1.807, 2.05) is 0 Å². The molecule has 10 heavy (non-hydrogen) atoms. The first kappa shape index (κ1) is 7.53. The van der Waals surface area contributed by atoms with Crippen LogP contribution in [0.3, 0.4) is 0 Å². The maximum atomic E-state index is 5.15. The largest absolute Gasteiger partial charge is 0.373 e. The van der Waals surface area contributed by atoms with E-state index in [-0.39, 0.29) is 0 Å². The molecule has 0 aliphatic carbocycles. The summed E-state index contributed by atoms with van der Waals surface area (Å²) in [6.45, 7) is 3.71. The van der Waals surface area contributed by atoms with Crippen LogP contribution in [0.25, 0.3) is 0 Å². The van der Waals surface area contributed by atoms with Gasteiger partial charge in [0.2, 0.25) is 0 Å². The Morgan fingerprint density at radius 3 is 3.30 bits per heavy atom. The van der Waals surface area contributed by atoms with Crippen LogP contribution < -0.4 is 21.9 Å². The van der Waals surface area contributed by atoms with Crippen LogP contribution in [0.5, 0.6) is 0 Å². The van der Waals surface area contributed by atoms with Gasteiger partial charge in [0.05, 0.1) is 6.17 Å². The predicted octanol–water partition coefficient (Wildman–Crippen LogP) is -1.13. The van der Waals surface area contributed by atoms with Crippen molar-refractivity contribution in [2.24, 2.45) is 5.84 Å².